The Kier molecular flexibility index (Phi) is 2.76. The number of hydrogen-bond donors (Lipinski definition) is 2. The Morgan fingerprint density at radius 3 is 2.21 bits per heavy atom. The van der Waals surface area contributed by atoms with E-state index in [-0.39, 0.29) is 12.0 Å². The lowest BCUT2D eigenvalue weighted by molar-refractivity contribution is 0.311. The van der Waals surface area contributed by atoms with Gasteiger partial charge in [-0.3, -0.25) is 9.59 Å². The molecule has 0 saturated heterocycles. The molecule has 0 atom stereocenters. The standard InChI is InChI=1S/C10H15NO3/c1-10(2,3)6-7(11-4-5-12)9(14)8(6)13/h11-12H,4-5H2,1-3H3. The summed E-state index contributed by atoms with van der Waals surface area (Å²) in [5, 5.41) is 11.4. The molecule has 4 nitrogen and oxygen atoms in total. The summed E-state index contributed by atoms with van der Waals surface area (Å²) < 4.78 is 0. The van der Waals surface area contributed by atoms with Crippen LogP contribution in [0, 0.1) is 0 Å². The quantitative estimate of drug-likeness (QED) is 0.668. The second-order valence-corrected chi connectivity index (χ2v) is 4.31. The van der Waals surface area contributed by atoms with Gasteiger partial charge in [0, 0.05) is 12.1 Å². The van der Waals surface area contributed by atoms with E-state index < -0.39 is 10.9 Å². The van der Waals surface area contributed by atoms with E-state index in [1.807, 2.05) is 20.8 Å². The molecule has 1 aromatic carbocycles. The van der Waals surface area contributed by atoms with Crippen LogP contribution in [-0.4, -0.2) is 18.3 Å². The predicted molar refractivity (Wildman–Crippen MR) is 55.6 cm³/mol. The van der Waals surface area contributed by atoms with E-state index >= 15 is 0 Å². The van der Waals surface area contributed by atoms with Gasteiger partial charge >= 0.3 is 0 Å². The minimum absolute atomic E-state index is 0.0532. The Morgan fingerprint density at radius 1 is 1.21 bits per heavy atom. The first-order valence-electron chi connectivity index (χ1n) is 4.58. The van der Waals surface area contributed by atoms with Crippen molar-refractivity contribution >= 4 is 5.69 Å². The highest BCUT2D eigenvalue weighted by Crippen LogP contribution is 2.25. The summed E-state index contributed by atoms with van der Waals surface area (Å²) >= 11 is 0. The molecule has 2 N–H and O–H groups in total. The largest absolute Gasteiger partial charge is 0.395 e. The van der Waals surface area contributed by atoms with Crippen LogP contribution in [0.1, 0.15) is 26.3 Å². The van der Waals surface area contributed by atoms with Crippen molar-refractivity contribution in [3.05, 3.63) is 26.0 Å². The second kappa shape index (κ2) is 3.53. The summed E-state index contributed by atoms with van der Waals surface area (Å²) in [5.74, 6) is 0. The summed E-state index contributed by atoms with van der Waals surface area (Å²) in [5.41, 5.74) is -0.281. The molecule has 0 unspecified atom stereocenters. The Labute approximate surface area is 82.3 Å². The van der Waals surface area contributed by atoms with Crippen molar-refractivity contribution in [2.45, 2.75) is 26.2 Å². The van der Waals surface area contributed by atoms with Crippen molar-refractivity contribution < 1.29 is 5.11 Å². The zero-order valence-corrected chi connectivity index (χ0v) is 8.68. The third-order valence-corrected chi connectivity index (χ3v) is 2.07. The molecule has 0 radical (unpaired) electrons. The first-order valence-corrected chi connectivity index (χ1v) is 4.58. The number of rotatable bonds is 3. The van der Waals surface area contributed by atoms with E-state index in [1.165, 1.54) is 0 Å². The molecular formula is C10H15NO3. The van der Waals surface area contributed by atoms with E-state index in [0.29, 0.717) is 17.8 Å². The SMILES string of the molecule is CC(C)(C)c1c(NCCO)c(=O)c1=O. The van der Waals surface area contributed by atoms with Crippen LogP contribution in [0.4, 0.5) is 5.69 Å². The van der Waals surface area contributed by atoms with Gasteiger partial charge in [-0.15, -0.1) is 0 Å². The Bertz CT molecular complexity index is 394. The lowest BCUT2D eigenvalue weighted by Gasteiger charge is -2.23. The van der Waals surface area contributed by atoms with Crippen molar-refractivity contribution in [3.8, 4) is 0 Å². The van der Waals surface area contributed by atoms with Crippen molar-refractivity contribution in [3.63, 3.8) is 0 Å². The topological polar surface area (TPSA) is 66.4 Å². The number of aliphatic hydroxyl groups is 1. The minimum atomic E-state index is -0.469. The molecule has 0 aliphatic rings. The third kappa shape index (κ3) is 1.70. The maximum absolute atomic E-state index is 11.3. The van der Waals surface area contributed by atoms with Gasteiger partial charge < -0.3 is 10.4 Å². The molecule has 0 aromatic heterocycles. The lowest BCUT2D eigenvalue weighted by atomic mass is 9.82. The molecule has 4 heteroatoms. The van der Waals surface area contributed by atoms with E-state index in [0.717, 1.165) is 0 Å². The van der Waals surface area contributed by atoms with E-state index in [2.05, 4.69) is 5.32 Å². The fourth-order valence-electron chi connectivity index (χ4n) is 1.46. The Hall–Kier alpha value is -1.16. The fourth-order valence-corrected chi connectivity index (χ4v) is 1.46. The first kappa shape index (κ1) is 10.9. The molecule has 1 rings (SSSR count). The van der Waals surface area contributed by atoms with Gasteiger partial charge in [-0.2, -0.15) is 0 Å². The maximum atomic E-state index is 11.3. The molecule has 0 aliphatic heterocycles. The number of aliphatic hydroxyl groups excluding tert-OH is 1. The van der Waals surface area contributed by atoms with E-state index in [9.17, 15) is 9.59 Å². The molecule has 0 aliphatic carbocycles. The Balaban J connectivity index is 3.02. The maximum Gasteiger partial charge on any atom is 0.249 e. The van der Waals surface area contributed by atoms with Gasteiger partial charge in [-0.25, -0.2) is 0 Å². The molecule has 0 spiro atoms. The van der Waals surface area contributed by atoms with E-state index in [4.69, 9.17) is 5.11 Å². The van der Waals surface area contributed by atoms with Gasteiger partial charge in [0.1, 0.15) is 0 Å². The Morgan fingerprint density at radius 2 is 1.79 bits per heavy atom. The third-order valence-electron chi connectivity index (χ3n) is 2.07. The number of nitrogens with one attached hydrogen (secondary N) is 1. The fraction of sp³-hybridized carbons (Fsp3) is 0.600. The van der Waals surface area contributed by atoms with Gasteiger partial charge in [0.15, 0.2) is 0 Å². The molecule has 0 saturated carbocycles. The molecule has 0 bridgehead atoms. The summed E-state index contributed by atoms with van der Waals surface area (Å²) in [6.45, 7) is 5.89. The molecule has 78 valence electrons. The summed E-state index contributed by atoms with van der Waals surface area (Å²) in [6, 6.07) is 0. The van der Waals surface area contributed by atoms with Gasteiger partial charge in [-0.05, 0) is 5.41 Å². The van der Waals surface area contributed by atoms with Crippen molar-refractivity contribution in [1.29, 1.82) is 0 Å². The van der Waals surface area contributed by atoms with Crippen LogP contribution < -0.4 is 16.2 Å². The average molecular weight is 197 g/mol. The highest BCUT2D eigenvalue weighted by Gasteiger charge is 2.29. The summed E-state index contributed by atoms with van der Waals surface area (Å²) in [4.78, 5) is 22.4. The van der Waals surface area contributed by atoms with Gasteiger partial charge in [0.25, 0.3) is 0 Å². The van der Waals surface area contributed by atoms with E-state index in [1.54, 1.807) is 0 Å². The molecule has 0 fully saturated rings. The van der Waals surface area contributed by atoms with Crippen LogP contribution in [0.25, 0.3) is 0 Å². The number of hydrogen-bond acceptors (Lipinski definition) is 4. The average Bonchev–Trinajstić information content (AvgIpc) is 2.08. The van der Waals surface area contributed by atoms with Crippen LogP contribution in [-0.2, 0) is 5.41 Å². The zero-order valence-electron chi connectivity index (χ0n) is 8.68. The predicted octanol–water partition coefficient (Wildman–Crippen LogP) is -0.0157. The molecular weight excluding hydrogens is 182 g/mol. The molecule has 0 heterocycles. The van der Waals surface area contributed by atoms with Gasteiger partial charge in [0.05, 0.1) is 12.3 Å². The van der Waals surface area contributed by atoms with Gasteiger partial charge in [-0.1, -0.05) is 20.8 Å². The lowest BCUT2D eigenvalue weighted by Crippen LogP contribution is -2.43. The van der Waals surface area contributed by atoms with Crippen molar-refractivity contribution in [1.82, 2.24) is 0 Å². The smallest absolute Gasteiger partial charge is 0.249 e. The zero-order chi connectivity index (χ0) is 10.9. The van der Waals surface area contributed by atoms with Crippen LogP contribution >= 0.6 is 0 Å². The summed E-state index contributed by atoms with van der Waals surface area (Å²) in [6.07, 6.45) is 0. The van der Waals surface area contributed by atoms with Crippen LogP contribution in [0.3, 0.4) is 0 Å². The highest BCUT2D eigenvalue weighted by atomic mass is 16.3. The van der Waals surface area contributed by atoms with Crippen molar-refractivity contribution in [2.24, 2.45) is 0 Å². The second-order valence-electron chi connectivity index (χ2n) is 4.31. The van der Waals surface area contributed by atoms with Crippen LogP contribution in [0.2, 0.25) is 0 Å². The highest BCUT2D eigenvalue weighted by molar-refractivity contribution is 5.59. The van der Waals surface area contributed by atoms with Crippen molar-refractivity contribution in [2.75, 3.05) is 18.5 Å². The van der Waals surface area contributed by atoms with Crippen LogP contribution in [0.5, 0.6) is 0 Å². The monoisotopic (exact) mass is 197 g/mol. The minimum Gasteiger partial charge on any atom is -0.395 e. The van der Waals surface area contributed by atoms with Crippen LogP contribution in [0.15, 0.2) is 9.59 Å². The normalized spacial score (nSPS) is 12.0. The molecule has 14 heavy (non-hydrogen) atoms. The molecule has 1 aromatic rings. The number of anilines is 1. The van der Waals surface area contributed by atoms with Gasteiger partial charge in [0.2, 0.25) is 10.9 Å². The summed E-state index contributed by atoms with van der Waals surface area (Å²) in [7, 11) is 0. The molecule has 0 amide bonds. The first-order chi connectivity index (χ1) is 6.39.